The number of aromatic nitrogens is 2. The maximum atomic E-state index is 13.5. The molecule has 0 amide bonds. The second-order valence-corrected chi connectivity index (χ2v) is 8.92. The van der Waals surface area contributed by atoms with Gasteiger partial charge in [-0.15, -0.1) is 49.2 Å². The Balaban J connectivity index is 0.000000211. The van der Waals surface area contributed by atoms with Crippen LogP contribution >= 0.6 is 0 Å². The van der Waals surface area contributed by atoms with Crippen LogP contribution in [0.3, 0.4) is 0 Å². The summed E-state index contributed by atoms with van der Waals surface area (Å²) in [7, 11) is 0. The summed E-state index contributed by atoms with van der Waals surface area (Å²) >= 11 is 0. The van der Waals surface area contributed by atoms with Crippen LogP contribution in [0.1, 0.15) is 35.6 Å². The zero-order chi connectivity index (χ0) is 29.1. The van der Waals surface area contributed by atoms with E-state index < -0.39 is 23.3 Å². The van der Waals surface area contributed by atoms with Crippen LogP contribution in [-0.2, 0) is 21.7 Å². The Morgan fingerprint density at radius 1 is 0.537 bits per heavy atom. The smallest absolute Gasteiger partial charge is 0.370 e. The van der Waals surface area contributed by atoms with E-state index in [-0.39, 0.29) is 21.7 Å². The van der Waals surface area contributed by atoms with Gasteiger partial charge in [-0.2, -0.15) is 12.2 Å². The molecular formula is C34H30F4N2Ti. The Kier molecular flexibility index (Phi) is 13.6. The maximum Gasteiger partial charge on any atom is 4.00 e. The minimum Gasteiger partial charge on any atom is -0.370 e. The molecule has 0 unspecified atom stereocenters. The second-order valence-electron chi connectivity index (χ2n) is 8.92. The number of hydrogen-bond donors (Lipinski definition) is 0. The van der Waals surface area contributed by atoms with E-state index in [1.165, 1.54) is 24.3 Å². The summed E-state index contributed by atoms with van der Waals surface area (Å²) < 4.78 is 55.7. The average Bonchev–Trinajstić information content (AvgIpc) is 3.74. The van der Waals surface area contributed by atoms with Crippen molar-refractivity contribution in [3.8, 4) is 11.4 Å². The number of benzene rings is 2. The van der Waals surface area contributed by atoms with Crippen molar-refractivity contribution >= 4 is 0 Å². The van der Waals surface area contributed by atoms with Gasteiger partial charge < -0.3 is 9.13 Å². The van der Waals surface area contributed by atoms with Crippen LogP contribution in [0.25, 0.3) is 11.4 Å². The number of hydrogen-bond acceptors (Lipinski definition) is 0. The molecule has 2 aliphatic rings. The third-order valence-electron chi connectivity index (χ3n) is 5.88. The van der Waals surface area contributed by atoms with Gasteiger partial charge >= 0.3 is 21.7 Å². The Bertz CT molecular complexity index is 1370. The van der Waals surface area contributed by atoms with Crippen molar-refractivity contribution in [3.63, 3.8) is 0 Å². The summed E-state index contributed by atoms with van der Waals surface area (Å²) in [6.07, 6.45) is 20.0. The van der Waals surface area contributed by atoms with E-state index >= 15 is 0 Å². The molecule has 2 aromatic heterocycles. The number of nitrogens with zero attached hydrogens (tertiary/aromatic N) is 2. The zero-order valence-electron chi connectivity index (χ0n) is 23.4. The van der Waals surface area contributed by atoms with Gasteiger partial charge in [0.15, 0.2) is 0 Å². The normalized spacial score (nSPS) is 12.1. The van der Waals surface area contributed by atoms with Crippen LogP contribution in [0.15, 0.2) is 85.0 Å². The zero-order valence-corrected chi connectivity index (χ0v) is 25.0. The predicted octanol–water partition coefficient (Wildman–Crippen LogP) is 8.95. The summed E-state index contributed by atoms with van der Waals surface area (Å²) in [6.45, 7) is 7.48. The molecule has 7 heteroatoms. The Morgan fingerprint density at radius 2 is 0.878 bits per heavy atom. The van der Waals surface area contributed by atoms with Crippen molar-refractivity contribution in [1.29, 1.82) is 0 Å². The quantitative estimate of drug-likeness (QED) is 0.125. The molecule has 2 nitrogen and oxygen atoms in total. The van der Waals surface area contributed by atoms with Crippen molar-refractivity contribution in [3.05, 3.63) is 155 Å². The third-order valence-corrected chi connectivity index (χ3v) is 5.88. The molecule has 4 aromatic rings. The Hall–Kier alpha value is -3.61. The van der Waals surface area contributed by atoms with Gasteiger partial charge in [0.1, 0.15) is 0 Å². The molecule has 0 saturated heterocycles. The van der Waals surface area contributed by atoms with Crippen LogP contribution in [0, 0.1) is 75.2 Å². The number of halogens is 4. The van der Waals surface area contributed by atoms with E-state index in [1.807, 2.05) is 88.4 Å². The molecule has 0 atom stereocenters. The molecule has 208 valence electrons. The number of rotatable bonds is 2. The predicted molar refractivity (Wildman–Crippen MR) is 151 cm³/mol. The van der Waals surface area contributed by atoms with E-state index in [9.17, 15) is 17.6 Å². The Morgan fingerprint density at radius 3 is 1.10 bits per heavy atom. The van der Waals surface area contributed by atoms with Crippen LogP contribution in [-0.4, -0.2) is 9.13 Å². The molecule has 41 heavy (non-hydrogen) atoms. The molecule has 6 rings (SSSR count). The standard InChI is InChI=1S/2C12H10F2N.2C5H5.Ti/c2*1-8-3-4-9(2)15(8)12-6-5-10(13)7-11(12)14;2*1-2-4-5-3-1;/h2*3-6H,1-2H3;2*1-3H,4H2;/q4*-1;+4. The summed E-state index contributed by atoms with van der Waals surface area (Å²) in [6, 6.07) is 16.8. The van der Waals surface area contributed by atoms with Gasteiger partial charge in [0.2, 0.25) is 0 Å². The van der Waals surface area contributed by atoms with E-state index in [0.717, 1.165) is 35.6 Å². The summed E-state index contributed by atoms with van der Waals surface area (Å²) in [4.78, 5) is 0. The fourth-order valence-electron chi connectivity index (χ4n) is 3.99. The minimum absolute atomic E-state index is 0. The van der Waals surface area contributed by atoms with Crippen LogP contribution in [0.5, 0.6) is 0 Å². The Labute approximate surface area is 254 Å². The second kappa shape index (κ2) is 16.6. The van der Waals surface area contributed by atoms with Crippen molar-refractivity contribution in [2.75, 3.05) is 0 Å². The largest absolute Gasteiger partial charge is 4.00 e. The van der Waals surface area contributed by atoms with Crippen LogP contribution in [0.4, 0.5) is 17.6 Å². The molecule has 0 fully saturated rings. The van der Waals surface area contributed by atoms with Crippen molar-refractivity contribution in [2.24, 2.45) is 0 Å². The maximum absolute atomic E-state index is 13.5. The summed E-state index contributed by atoms with van der Waals surface area (Å²) in [5, 5.41) is 0. The van der Waals surface area contributed by atoms with Crippen LogP contribution in [0.2, 0.25) is 0 Å². The SMILES string of the molecule is Cc1ccc(C)n1-c1ccc(F)[c-]c1F.Cc1ccc(C)n1-c1ccc(F)[c-]c1F.[C-]1=CC=CC1.[C-]1=CC=CC1.[Ti+4]. The van der Waals surface area contributed by atoms with Gasteiger partial charge in [0.05, 0.1) is 0 Å². The van der Waals surface area contributed by atoms with E-state index in [1.54, 1.807) is 9.13 Å². The first kappa shape index (κ1) is 33.6. The molecule has 2 heterocycles. The molecule has 0 N–H and O–H groups in total. The molecule has 0 bridgehead atoms. The fraction of sp³-hybridized carbons (Fsp3) is 0.176. The van der Waals surface area contributed by atoms with Gasteiger partial charge in [0.25, 0.3) is 0 Å². The minimum atomic E-state index is -0.682. The molecule has 0 spiro atoms. The van der Waals surface area contributed by atoms with Gasteiger partial charge in [-0.3, -0.25) is 12.2 Å². The molecule has 0 saturated carbocycles. The van der Waals surface area contributed by atoms with Gasteiger partial charge in [-0.25, -0.2) is 41.9 Å². The van der Waals surface area contributed by atoms with Gasteiger partial charge in [-0.1, -0.05) is 0 Å². The first-order valence-corrected chi connectivity index (χ1v) is 12.7. The summed E-state index contributed by atoms with van der Waals surface area (Å²) in [5.74, 6) is -2.70. The van der Waals surface area contributed by atoms with Crippen LogP contribution < -0.4 is 0 Å². The molecule has 2 aromatic carbocycles. The number of aryl methyl sites for hydroxylation is 4. The molecule has 0 radical (unpaired) electrons. The number of allylic oxidation sites excluding steroid dienone is 8. The van der Waals surface area contributed by atoms with Gasteiger partial charge in [-0.05, 0) is 63.3 Å². The monoisotopic (exact) mass is 590 g/mol. The van der Waals surface area contributed by atoms with Crippen molar-refractivity contribution in [1.82, 2.24) is 9.13 Å². The molecule has 2 aliphatic carbocycles. The fourth-order valence-corrected chi connectivity index (χ4v) is 3.99. The van der Waals surface area contributed by atoms with Crippen molar-refractivity contribution < 1.29 is 39.3 Å². The average molecular weight is 590 g/mol. The third kappa shape index (κ3) is 9.77. The molecule has 0 aliphatic heterocycles. The topological polar surface area (TPSA) is 9.86 Å². The van der Waals surface area contributed by atoms with Crippen molar-refractivity contribution in [2.45, 2.75) is 40.5 Å². The molecular weight excluding hydrogens is 560 g/mol. The first-order chi connectivity index (χ1) is 19.2. The van der Waals surface area contributed by atoms with Gasteiger partial charge in [0, 0.05) is 46.0 Å². The summed E-state index contributed by atoms with van der Waals surface area (Å²) in [5.41, 5.74) is 4.29. The van der Waals surface area contributed by atoms with E-state index in [2.05, 4.69) is 24.3 Å². The van der Waals surface area contributed by atoms with E-state index in [4.69, 9.17) is 0 Å². The first-order valence-electron chi connectivity index (χ1n) is 12.7. The van der Waals surface area contributed by atoms with E-state index in [0.29, 0.717) is 11.4 Å².